The van der Waals surface area contributed by atoms with Gasteiger partial charge in [0.05, 0.1) is 0 Å². The minimum atomic E-state index is -0.231. The molecule has 1 aromatic carbocycles. The zero-order valence-corrected chi connectivity index (χ0v) is 14.9. The van der Waals surface area contributed by atoms with Gasteiger partial charge in [-0.1, -0.05) is 45.7 Å². The van der Waals surface area contributed by atoms with Gasteiger partial charge in [0.15, 0.2) is 6.61 Å². The van der Waals surface area contributed by atoms with E-state index in [0.29, 0.717) is 11.7 Å². The van der Waals surface area contributed by atoms with E-state index in [-0.39, 0.29) is 12.5 Å². The topological polar surface area (TPSA) is 50.7 Å². The molecule has 1 atom stereocenters. The number of carbonyl (C=O) groups excluding carboxylic acids is 1. The first-order chi connectivity index (χ1) is 11.1. The summed E-state index contributed by atoms with van der Waals surface area (Å²) in [5.74, 6) is 1.01. The summed E-state index contributed by atoms with van der Waals surface area (Å²) in [6, 6.07) is 7.93. The quantitative estimate of drug-likeness (QED) is 0.388. The van der Waals surface area contributed by atoms with Crippen molar-refractivity contribution < 1.29 is 9.53 Å². The average molecular weight is 318 g/mol. The highest BCUT2D eigenvalue weighted by atomic mass is 16.5. The Morgan fingerprint density at radius 2 is 1.91 bits per heavy atom. The normalized spacial score (nSPS) is 12.8. The molecule has 23 heavy (non-hydrogen) atoms. The first kappa shape index (κ1) is 19.2. The van der Waals surface area contributed by atoms with Gasteiger partial charge in [-0.3, -0.25) is 4.79 Å². The van der Waals surface area contributed by atoms with Gasteiger partial charge in [-0.2, -0.15) is 5.10 Å². The molecule has 1 rings (SSSR count). The number of nitrogens with one attached hydrogen (secondary N) is 1. The van der Waals surface area contributed by atoms with Crippen molar-refractivity contribution in [1.82, 2.24) is 5.43 Å². The van der Waals surface area contributed by atoms with Gasteiger partial charge in [-0.25, -0.2) is 5.43 Å². The molecule has 0 aliphatic heterocycles. The molecule has 0 radical (unpaired) electrons. The summed E-state index contributed by atoms with van der Waals surface area (Å²) >= 11 is 0. The summed E-state index contributed by atoms with van der Waals surface area (Å²) in [6.07, 6.45) is 5.52. The lowest BCUT2D eigenvalue weighted by atomic mass is 9.99. The molecular formula is C19H30N2O2. The van der Waals surface area contributed by atoms with Crippen molar-refractivity contribution in [2.75, 3.05) is 6.61 Å². The number of carbonyl (C=O) groups is 1. The minimum absolute atomic E-state index is 0.0194. The van der Waals surface area contributed by atoms with Crippen molar-refractivity contribution >= 4 is 11.6 Å². The van der Waals surface area contributed by atoms with Gasteiger partial charge in [-0.15, -0.1) is 0 Å². The van der Waals surface area contributed by atoms with Crippen LogP contribution in [0.1, 0.15) is 71.3 Å². The van der Waals surface area contributed by atoms with Crippen LogP contribution >= 0.6 is 0 Å². The standard InChI is InChI=1S/C19H30N2O2/c1-5-7-8-9-16(4)20-21-19(22)14-23-18-12-10-17(11-13-18)15(3)6-2/h10-13,15H,5-9,14H2,1-4H3,(H,21,22)/b20-16+. The van der Waals surface area contributed by atoms with E-state index in [1.807, 2.05) is 19.1 Å². The molecule has 0 saturated carbocycles. The predicted octanol–water partition coefficient (Wildman–Crippen LogP) is 4.65. The SMILES string of the molecule is CCCCC/C(C)=N/NC(=O)COc1ccc(C(C)CC)cc1. The van der Waals surface area contributed by atoms with Crippen LogP contribution in [0.5, 0.6) is 5.75 Å². The van der Waals surface area contributed by atoms with E-state index in [1.165, 1.54) is 18.4 Å². The summed E-state index contributed by atoms with van der Waals surface area (Å²) in [5, 5.41) is 4.09. The number of nitrogens with zero attached hydrogens (tertiary/aromatic N) is 1. The minimum Gasteiger partial charge on any atom is -0.484 e. The maximum Gasteiger partial charge on any atom is 0.277 e. The van der Waals surface area contributed by atoms with Crippen molar-refractivity contribution in [3.8, 4) is 5.75 Å². The highest BCUT2D eigenvalue weighted by molar-refractivity contribution is 5.84. The molecule has 1 amide bonds. The predicted molar refractivity (Wildman–Crippen MR) is 96.0 cm³/mol. The highest BCUT2D eigenvalue weighted by Gasteiger charge is 2.05. The molecule has 1 unspecified atom stereocenters. The number of unbranched alkanes of at least 4 members (excludes halogenated alkanes) is 2. The van der Waals surface area contributed by atoms with Gasteiger partial charge in [0.25, 0.3) is 5.91 Å². The van der Waals surface area contributed by atoms with Gasteiger partial charge in [0.2, 0.25) is 0 Å². The molecule has 1 N–H and O–H groups in total. The molecule has 0 aliphatic carbocycles. The van der Waals surface area contributed by atoms with Crippen LogP contribution in [0.25, 0.3) is 0 Å². The van der Waals surface area contributed by atoms with Gasteiger partial charge >= 0.3 is 0 Å². The van der Waals surface area contributed by atoms with Crippen molar-refractivity contribution in [2.24, 2.45) is 5.10 Å². The fourth-order valence-corrected chi connectivity index (χ4v) is 2.15. The monoisotopic (exact) mass is 318 g/mol. The van der Waals surface area contributed by atoms with Crippen LogP contribution in [0.3, 0.4) is 0 Å². The molecule has 128 valence electrons. The first-order valence-corrected chi connectivity index (χ1v) is 8.61. The van der Waals surface area contributed by atoms with Crippen molar-refractivity contribution in [3.63, 3.8) is 0 Å². The molecule has 0 heterocycles. The van der Waals surface area contributed by atoms with Crippen LogP contribution in [-0.4, -0.2) is 18.2 Å². The molecule has 4 nitrogen and oxygen atoms in total. The number of amides is 1. The summed E-state index contributed by atoms with van der Waals surface area (Å²) in [6.45, 7) is 8.45. The molecule has 0 aromatic heterocycles. The Labute approximate surface area is 140 Å². The third-order valence-electron chi connectivity index (χ3n) is 3.95. The molecule has 4 heteroatoms. The third-order valence-corrected chi connectivity index (χ3v) is 3.95. The smallest absolute Gasteiger partial charge is 0.277 e. The third kappa shape index (κ3) is 7.82. The lowest BCUT2D eigenvalue weighted by molar-refractivity contribution is -0.123. The van der Waals surface area contributed by atoms with Crippen LogP contribution in [0.15, 0.2) is 29.4 Å². The number of ether oxygens (including phenoxy) is 1. The Morgan fingerprint density at radius 3 is 2.52 bits per heavy atom. The summed E-state index contributed by atoms with van der Waals surface area (Å²) in [7, 11) is 0. The number of hydrazone groups is 1. The van der Waals surface area contributed by atoms with E-state index >= 15 is 0 Å². The maximum absolute atomic E-state index is 11.7. The Bertz CT molecular complexity index is 495. The zero-order chi connectivity index (χ0) is 17.1. The van der Waals surface area contributed by atoms with Crippen LogP contribution in [0.4, 0.5) is 0 Å². The average Bonchev–Trinajstić information content (AvgIpc) is 2.58. The van der Waals surface area contributed by atoms with Crippen LogP contribution in [0.2, 0.25) is 0 Å². The van der Waals surface area contributed by atoms with Gasteiger partial charge in [-0.05, 0) is 49.8 Å². The highest BCUT2D eigenvalue weighted by Crippen LogP contribution is 2.21. The second-order valence-electron chi connectivity index (χ2n) is 6.01. The Hall–Kier alpha value is -1.84. The molecule has 1 aromatic rings. The van der Waals surface area contributed by atoms with E-state index in [9.17, 15) is 4.79 Å². The summed E-state index contributed by atoms with van der Waals surface area (Å²) < 4.78 is 5.49. The molecule has 0 fully saturated rings. The molecule has 0 bridgehead atoms. The number of rotatable bonds is 10. The molecule has 0 spiro atoms. The van der Waals surface area contributed by atoms with Crippen molar-refractivity contribution in [1.29, 1.82) is 0 Å². The molecule has 0 aliphatic rings. The lowest BCUT2D eigenvalue weighted by Gasteiger charge is -2.10. The largest absolute Gasteiger partial charge is 0.484 e. The number of hydrogen-bond donors (Lipinski definition) is 1. The second kappa shape index (κ2) is 10.8. The molecule has 0 saturated heterocycles. The van der Waals surface area contributed by atoms with Gasteiger partial charge < -0.3 is 4.74 Å². The van der Waals surface area contributed by atoms with E-state index in [1.54, 1.807) is 0 Å². The summed E-state index contributed by atoms with van der Waals surface area (Å²) in [5.41, 5.74) is 4.78. The Morgan fingerprint density at radius 1 is 1.22 bits per heavy atom. The second-order valence-corrected chi connectivity index (χ2v) is 6.01. The Kier molecular flexibility index (Phi) is 9.03. The fraction of sp³-hybridized carbons (Fsp3) is 0.579. The Balaban J connectivity index is 2.34. The lowest BCUT2D eigenvalue weighted by Crippen LogP contribution is -2.25. The van der Waals surface area contributed by atoms with E-state index in [4.69, 9.17) is 4.74 Å². The fourth-order valence-electron chi connectivity index (χ4n) is 2.15. The zero-order valence-electron chi connectivity index (χ0n) is 14.9. The van der Waals surface area contributed by atoms with E-state index in [0.717, 1.165) is 25.0 Å². The van der Waals surface area contributed by atoms with E-state index in [2.05, 4.69) is 43.4 Å². The number of benzene rings is 1. The maximum atomic E-state index is 11.7. The summed E-state index contributed by atoms with van der Waals surface area (Å²) in [4.78, 5) is 11.7. The van der Waals surface area contributed by atoms with Crippen LogP contribution in [0, 0.1) is 0 Å². The van der Waals surface area contributed by atoms with Gasteiger partial charge in [0, 0.05) is 5.71 Å². The van der Waals surface area contributed by atoms with Crippen LogP contribution in [-0.2, 0) is 4.79 Å². The van der Waals surface area contributed by atoms with E-state index < -0.39 is 0 Å². The van der Waals surface area contributed by atoms with Crippen molar-refractivity contribution in [3.05, 3.63) is 29.8 Å². The molecular weight excluding hydrogens is 288 g/mol. The first-order valence-electron chi connectivity index (χ1n) is 8.61. The van der Waals surface area contributed by atoms with Crippen molar-refractivity contribution in [2.45, 2.75) is 65.7 Å². The number of hydrogen-bond acceptors (Lipinski definition) is 3. The van der Waals surface area contributed by atoms with Crippen LogP contribution < -0.4 is 10.2 Å². The van der Waals surface area contributed by atoms with Gasteiger partial charge in [0.1, 0.15) is 5.75 Å².